The minimum atomic E-state index is -0.403. The lowest BCUT2D eigenvalue weighted by Gasteiger charge is -2.29. The summed E-state index contributed by atoms with van der Waals surface area (Å²) >= 11 is 0. The molecule has 2 rings (SSSR count). The fourth-order valence-corrected chi connectivity index (χ4v) is 2.63. The number of hydrogen-bond acceptors (Lipinski definition) is 4. The van der Waals surface area contributed by atoms with E-state index in [-0.39, 0.29) is 24.2 Å². The molecular formula is C12H22N2O3. The summed E-state index contributed by atoms with van der Waals surface area (Å²) in [5.41, 5.74) is 5.51. The normalized spacial score (nSPS) is 38.0. The Kier molecular flexibility index (Phi) is 4.36. The molecule has 98 valence electrons. The van der Waals surface area contributed by atoms with Crippen LogP contribution in [0.25, 0.3) is 0 Å². The van der Waals surface area contributed by atoms with Gasteiger partial charge in [0.1, 0.15) is 6.10 Å². The summed E-state index contributed by atoms with van der Waals surface area (Å²) in [7, 11) is 0. The third-order valence-electron chi connectivity index (χ3n) is 3.72. The average molecular weight is 242 g/mol. The van der Waals surface area contributed by atoms with Gasteiger partial charge < -0.3 is 20.9 Å². The van der Waals surface area contributed by atoms with E-state index >= 15 is 0 Å². The molecular weight excluding hydrogens is 220 g/mol. The number of aliphatic hydroxyl groups is 1. The summed E-state index contributed by atoms with van der Waals surface area (Å²) in [5, 5.41) is 12.7. The number of rotatable bonds is 3. The monoisotopic (exact) mass is 242 g/mol. The molecule has 5 heteroatoms. The predicted molar refractivity (Wildman–Crippen MR) is 63.4 cm³/mol. The summed E-state index contributed by atoms with van der Waals surface area (Å²) < 4.78 is 5.53. The lowest BCUT2D eigenvalue weighted by molar-refractivity contribution is -0.133. The largest absolute Gasteiger partial charge is 0.391 e. The van der Waals surface area contributed by atoms with Crippen LogP contribution >= 0.6 is 0 Å². The van der Waals surface area contributed by atoms with Crippen LogP contribution in [0.4, 0.5) is 0 Å². The number of nitrogens with two attached hydrogens (primary N) is 1. The number of aliphatic hydroxyl groups excluding tert-OH is 1. The number of nitrogens with one attached hydrogen (secondary N) is 1. The van der Waals surface area contributed by atoms with Gasteiger partial charge in [-0.3, -0.25) is 4.79 Å². The van der Waals surface area contributed by atoms with Crippen LogP contribution < -0.4 is 11.1 Å². The van der Waals surface area contributed by atoms with Crippen LogP contribution in [0.15, 0.2) is 0 Å². The first-order chi connectivity index (χ1) is 8.20. The molecule has 1 aliphatic heterocycles. The summed E-state index contributed by atoms with van der Waals surface area (Å²) in [6, 6.07) is -0.100. The predicted octanol–water partition coefficient (Wildman–Crippen LogP) is -0.0876. The highest BCUT2D eigenvalue weighted by molar-refractivity contribution is 5.81. The van der Waals surface area contributed by atoms with Crippen LogP contribution in [0.1, 0.15) is 38.5 Å². The third kappa shape index (κ3) is 3.18. The van der Waals surface area contributed by atoms with Crippen molar-refractivity contribution in [3.8, 4) is 0 Å². The third-order valence-corrected chi connectivity index (χ3v) is 3.72. The van der Waals surface area contributed by atoms with E-state index in [0.717, 1.165) is 38.5 Å². The standard InChI is InChI=1S/C12H22N2O3/c13-7-8-5-6-11(17-8)12(16)14-9-3-1-2-4-10(9)15/h8-11,15H,1-7,13H2,(H,14,16). The highest BCUT2D eigenvalue weighted by Gasteiger charge is 2.32. The molecule has 0 bridgehead atoms. The van der Waals surface area contributed by atoms with Crippen molar-refractivity contribution in [3.63, 3.8) is 0 Å². The van der Waals surface area contributed by atoms with Gasteiger partial charge in [-0.2, -0.15) is 0 Å². The van der Waals surface area contributed by atoms with Crippen LogP contribution in [0, 0.1) is 0 Å². The maximum Gasteiger partial charge on any atom is 0.249 e. The lowest BCUT2D eigenvalue weighted by atomic mass is 9.92. The molecule has 2 aliphatic rings. The number of carbonyl (C=O) groups is 1. The van der Waals surface area contributed by atoms with Gasteiger partial charge in [-0.05, 0) is 25.7 Å². The van der Waals surface area contributed by atoms with Gasteiger partial charge in [-0.1, -0.05) is 12.8 Å². The van der Waals surface area contributed by atoms with Crippen LogP contribution in [-0.4, -0.2) is 41.9 Å². The minimum Gasteiger partial charge on any atom is -0.391 e. The Hall–Kier alpha value is -0.650. The van der Waals surface area contributed by atoms with Crippen LogP contribution in [-0.2, 0) is 9.53 Å². The quantitative estimate of drug-likeness (QED) is 0.646. The van der Waals surface area contributed by atoms with Crippen molar-refractivity contribution in [2.24, 2.45) is 5.73 Å². The Morgan fingerprint density at radius 3 is 2.71 bits per heavy atom. The van der Waals surface area contributed by atoms with E-state index in [0.29, 0.717) is 6.54 Å². The maximum atomic E-state index is 11.9. The van der Waals surface area contributed by atoms with Gasteiger partial charge in [0.15, 0.2) is 0 Å². The lowest BCUT2D eigenvalue weighted by Crippen LogP contribution is -2.48. The molecule has 1 saturated heterocycles. The molecule has 1 amide bonds. The summed E-state index contributed by atoms with van der Waals surface area (Å²) in [6.45, 7) is 0.468. The van der Waals surface area contributed by atoms with Crippen molar-refractivity contribution in [1.29, 1.82) is 0 Å². The molecule has 0 spiro atoms. The van der Waals surface area contributed by atoms with Crippen LogP contribution in [0.2, 0.25) is 0 Å². The van der Waals surface area contributed by atoms with Crippen LogP contribution in [0.3, 0.4) is 0 Å². The molecule has 17 heavy (non-hydrogen) atoms. The number of ether oxygens (including phenoxy) is 1. The van der Waals surface area contributed by atoms with Gasteiger partial charge in [0.05, 0.1) is 18.2 Å². The first-order valence-electron chi connectivity index (χ1n) is 6.54. The van der Waals surface area contributed by atoms with E-state index < -0.39 is 6.10 Å². The van der Waals surface area contributed by atoms with Crippen molar-refractivity contribution in [2.45, 2.75) is 62.9 Å². The smallest absolute Gasteiger partial charge is 0.249 e. The zero-order chi connectivity index (χ0) is 12.3. The Morgan fingerprint density at radius 2 is 2.06 bits per heavy atom. The Labute approximate surface area is 102 Å². The SMILES string of the molecule is NCC1CCC(C(=O)NC2CCCCC2O)O1. The molecule has 5 nitrogen and oxygen atoms in total. The number of carbonyl (C=O) groups excluding carboxylic acids is 1. The molecule has 1 heterocycles. The molecule has 0 radical (unpaired) electrons. The minimum absolute atomic E-state index is 0.0158. The van der Waals surface area contributed by atoms with Gasteiger partial charge >= 0.3 is 0 Å². The fourth-order valence-electron chi connectivity index (χ4n) is 2.63. The second kappa shape index (κ2) is 5.80. The molecule has 0 aromatic carbocycles. The molecule has 4 unspecified atom stereocenters. The molecule has 0 aromatic rings. The van der Waals surface area contributed by atoms with Gasteiger partial charge in [0.25, 0.3) is 0 Å². The Morgan fingerprint density at radius 1 is 1.29 bits per heavy atom. The Balaban J connectivity index is 1.80. The van der Waals surface area contributed by atoms with E-state index in [4.69, 9.17) is 10.5 Å². The van der Waals surface area contributed by atoms with Crippen molar-refractivity contribution >= 4 is 5.91 Å². The van der Waals surface area contributed by atoms with Crippen LogP contribution in [0.5, 0.6) is 0 Å². The fraction of sp³-hybridized carbons (Fsp3) is 0.917. The van der Waals surface area contributed by atoms with Crippen molar-refractivity contribution in [2.75, 3.05) is 6.54 Å². The highest BCUT2D eigenvalue weighted by Crippen LogP contribution is 2.21. The van der Waals surface area contributed by atoms with Gasteiger partial charge in [-0.15, -0.1) is 0 Å². The van der Waals surface area contributed by atoms with Gasteiger partial charge in [0, 0.05) is 6.54 Å². The van der Waals surface area contributed by atoms with E-state index in [1.54, 1.807) is 0 Å². The first kappa shape index (κ1) is 12.8. The zero-order valence-corrected chi connectivity index (χ0v) is 10.1. The second-order valence-electron chi connectivity index (χ2n) is 5.03. The van der Waals surface area contributed by atoms with E-state index in [1.807, 2.05) is 0 Å². The average Bonchev–Trinajstić information content (AvgIpc) is 2.81. The first-order valence-corrected chi connectivity index (χ1v) is 6.54. The summed E-state index contributed by atoms with van der Waals surface area (Å²) in [5.74, 6) is -0.0908. The maximum absolute atomic E-state index is 11.9. The molecule has 4 N–H and O–H groups in total. The molecule has 1 aliphatic carbocycles. The molecule has 1 saturated carbocycles. The highest BCUT2D eigenvalue weighted by atomic mass is 16.5. The van der Waals surface area contributed by atoms with Gasteiger partial charge in [-0.25, -0.2) is 0 Å². The summed E-state index contributed by atoms with van der Waals surface area (Å²) in [4.78, 5) is 11.9. The van der Waals surface area contributed by atoms with Crippen molar-refractivity contribution in [3.05, 3.63) is 0 Å². The van der Waals surface area contributed by atoms with Crippen molar-refractivity contribution < 1.29 is 14.6 Å². The molecule has 2 fully saturated rings. The number of amides is 1. The van der Waals surface area contributed by atoms with Crippen molar-refractivity contribution in [1.82, 2.24) is 5.32 Å². The van der Waals surface area contributed by atoms with E-state index in [2.05, 4.69) is 5.32 Å². The molecule has 4 atom stereocenters. The topological polar surface area (TPSA) is 84.6 Å². The Bertz CT molecular complexity index is 272. The van der Waals surface area contributed by atoms with Gasteiger partial charge in [0.2, 0.25) is 5.91 Å². The van der Waals surface area contributed by atoms with E-state index in [1.165, 1.54) is 0 Å². The summed E-state index contributed by atoms with van der Waals surface area (Å²) in [6.07, 6.45) is 4.57. The zero-order valence-electron chi connectivity index (χ0n) is 10.1. The van der Waals surface area contributed by atoms with E-state index in [9.17, 15) is 9.90 Å². The second-order valence-corrected chi connectivity index (χ2v) is 5.03. The molecule has 0 aromatic heterocycles. The number of hydrogen-bond donors (Lipinski definition) is 3.